The lowest BCUT2D eigenvalue weighted by Crippen LogP contribution is -2.38. The summed E-state index contributed by atoms with van der Waals surface area (Å²) in [7, 11) is -3.97. The maximum atomic E-state index is 13.0. The SMILES string of the molecule is CCCCn1cc(O)n(CC(CS(=O)(=O)c2ccc(-c3ccc(Cl)cc3)cc2)C(=O)NO)c1=O. The van der Waals surface area contributed by atoms with E-state index in [-0.39, 0.29) is 10.8 Å². The summed E-state index contributed by atoms with van der Waals surface area (Å²) in [6.45, 7) is 1.92. The van der Waals surface area contributed by atoms with Crippen LogP contribution in [0.4, 0.5) is 0 Å². The van der Waals surface area contributed by atoms with Crippen molar-refractivity contribution in [3.63, 3.8) is 0 Å². The van der Waals surface area contributed by atoms with E-state index in [2.05, 4.69) is 0 Å². The van der Waals surface area contributed by atoms with Gasteiger partial charge < -0.3 is 5.11 Å². The summed E-state index contributed by atoms with van der Waals surface area (Å²) in [5.41, 5.74) is 2.53. The van der Waals surface area contributed by atoms with Crippen molar-refractivity contribution < 1.29 is 23.5 Å². The Labute approximate surface area is 202 Å². The molecule has 0 aliphatic carbocycles. The summed E-state index contributed by atoms with van der Waals surface area (Å²) in [5, 5.41) is 19.9. The van der Waals surface area contributed by atoms with E-state index in [1.165, 1.54) is 28.4 Å². The van der Waals surface area contributed by atoms with Crippen molar-refractivity contribution in [1.29, 1.82) is 0 Å². The third-order valence-corrected chi connectivity index (χ3v) is 7.56. The van der Waals surface area contributed by atoms with E-state index in [1.807, 2.05) is 19.1 Å². The second-order valence-corrected chi connectivity index (χ2v) is 10.4. The van der Waals surface area contributed by atoms with Gasteiger partial charge in [-0.05, 0) is 41.8 Å². The van der Waals surface area contributed by atoms with Crippen molar-refractivity contribution in [2.24, 2.45) is 5.92 Å². The van der Waals surface area contributed by atoms with Crippen LogP contribution in [0.25, 0.3) is 11.1 Å². The van der Waals surface area contributed by atoms with E-state index in [0.29, 0.717) is 18.0 Å². The monoisotopic (exact) mass is 507 g/mol. The van der Waals surface area contributed by atoms with Crippen LogP contribution in [0.5, 0.6) is 5.88 Å². The number of hydroxylamine groups is 1. The molecule has 0 aliphatic heterocycles. The number of hydrogen-bond donors (Lipinski definition) is 3. The molecule has 0 saturated heterocycles. The highest BCUT2D eigenvalue weighted by Crippen LogP contribution is 2.24. The van der Waals surface area contributed by atoms with Crippen LogP contribution in [-0.4, -0.2) is 39.5 Å². The maximum absolute atomic E-state index is 13.0. The van der Waals surface area contributed by atoms with Gasteiger partial charge >= 0.3 is 5.69 Å². The lowest BCUT2D eigenvalue weighted by Gasteiger charge is -2.16. The normalized spacial score (nSPS) is 12.4. The quantitative estimate of drug-likeness (QED) is 0.285. The van der Waals surface area contributed by atoms with Crippen LogP contribution in [0.15, 0.2) is 64.4 Å². The minimum atomic E-state index is -3.97. The van der Waals surface area contributed by atoms with Crippen LogP contribution in [-0.2, 0) is 27.7 Å². The van der Waals surface area contributed by atoms with Crippen molar-refractivity contribution in [3.8, 4) is 17.0 Å². The number of aryl methyl sites for hydroxylation is 1. The Morgan fingerprint density at radius 3 is 2.24 bits per heavy atom. The molecule has 0 spiro atoms. The van der Waals surface area contributed by atoms with E-state index in [1.54, 1.807) is 24.3 Å². The van der Waals surface area contributed by atoms with Gasteiger partial charge in [-0.15, -0.1) is 0 Å². The van der Waals surface area contributed by atoms with Crippen LogP contribution in [0.3, 0.4) is 0 Å². The Bertz CT molecular complexity index is 1300. The standard InChI is InChI=1S/C23H26ClN3O6S/c1-2-3-12-26-14-21(28)27(23(26)30)13-18(22(29)25-31)15-34(32,33)20-10-6-17(7-11-20)16-4-8-19(24)9-5-16/h4-11,14,18,28,31H,2-3,12-13,15H2,1H3,(H,25,29). The van der Waals surface area contributed by atoms with Crippen molar-refractivity contribution in [2.75, 3.05) is 5.75 Å². The van der Waals surface area contributed by atoms with Gasteiger partial charge in [0.15, 0.2) is 9.84 Å². The van der Waals surface area contributed by atoms with E-state index >= 15 is 0 Å². The summed E-state index contributed by atoms with van der Waals surface area (Å²) in [5.74, 6) is -3.36. The molecule has 3 aromatic rings. The van der Waals surface area contributed by atoms with Gasteiger partial charge in [-0.3, -0.25) is 19.1 Å². The fourth-order valence-electron chi connectivity index (χ4n) is 3.56. The molecule has 1 amide bonds. The van der Waals surface area contributed by atoms with Gasteiger partial charge in [-0.2, -0.15) is 0 Å². The molecule has 0 aliphatic rings. The molecule has 0 bridgehead atoms. The minimum Gasteiger partial charge on any atom is -0.493 e. The number of imidazole rings is 1. The number of nitrogens with zero attached hydrogens (tertiary/aromatic N) is 2. The van der Waals surface area contributed by atoms with Crippen molar-refractivity contribution in [3.05, 3.63) is 70.2 Å². The molecular formula is C23H26ClN3O6S. The lowest BCUT2D eigenvalue weighted by atomic mass is 10.1. The molecular weight excluding hydrogens is 482 g/mol. The highest BCUT2D eigenvalue weighted by molar-refractivity contribution is 7.91. The average molecular weight is 508 g/mol. The maximum Gasteiger partial charge on any atom is 0.331 e. The van der Waals surface area contributed by atoms with Gasteiger partial charge in [-0.1, -0.05) is 49.2 Å². The topological polar surface area (TPSA) is 131 Å². The Kier molecular flexibility index (Phi) is 8.19. The number of aromatic hydroxyl groups is 1. The molecule has 2 aromatic carbocycles. The molecule has 3 N–H and O–H groups in total. The third kappa shape index (κ3) is 5.88. The first-order valence-corrected chi connectivity index (χ1v) is 12.7. The number of aromatic nitrogens is 2. The van der Waals surface area contributed by atoms with Gasteiger partial charge in [0, 0.05) is 18.1 Å². The second kappa shape index (κ2) is 10.9. The fourth-order valence-corrected chi connectivity index (χ4v) is 5.21. The number of halogens is 1. The highest BCUT2D eigenvalue weighted by Gasteiger charge is 2.29. The zero-order chi connectivity index (χ0) is 24.9. The first-order chi connectivity index (χ1) is 16.2. The number of nitrogens with one attached hydrogen (secondary N) is 1. The zero-order valence-electron chi connectivity index (χ0n) is 18.5. The molecule has 1 heterocycles. The zero-order valence-corrected chi connectivity index (χ0v) is 20.1. The fraction of sp³-hybridized carbons (Fsp3) is 0.304. The number of amides is 1. The second-order valence-electron chi connectivity index (χ2n) is 7.91. The largest absolute Gasteiger partial charge is 0.493 e. The number of rotatable bonds is 10. The number of benzene rings is 2. The highest BCUT2D eigenvalue weighted by atomic mass is 35.5. The Morgan fingerprint density at radius 2 is 1.68 bits per heavy atom. The smallest absolute Gasteiger partial charge is 0.331 e. The van der Waals surface area contributed by atoms with Crippen LogP contribution in [0.2, 0.25) is 5.02 Å². The van der Waals surface area contributed by atoms with E-state index in [9.17, 15) is 23.1 Å². The Balaban J connectivity index is 1.83. The summed E-state index contributed by atoms with van der Waals surface area (Å²) >= 11 is 5.90. The van der Waals surface area contributed by atoms with Gasteiger partial charge in [-0.25, -0.2) is 18.7 Å². The number of hydrogen-bond acceptors (Lipinski definition) is 6. The van der Waals surface area contributed by atoms with Crippen molar-refractivity contribution in [1.82, 2.24) is 14.6 Å². The first-order valence-electron chi connectivity index (χ1n) is 10.7. The van der Waals surface area contributed by atoms with E-state index in [4.69, 9.17) is 16.8 Å². The van der Waals surface area contributed by atoms with Gasteiger partial charge in [0.25, 0.3) is 0 Å². The summed E-state index contributed by atoms with van der Waals surface area (Å²) in [4.78, 5) is 24.8. The minimum absolute atomic E-state index is 0.0157. The van der Waals surface area contributed by atoms with Crippen LogP contribution >= 0.6 is 11.6 Å². The number of sulfone groups is 1. The molecule has 1 unspecified atom stereocenters. The number of unbranched alkanes of at least 4 members (excludes halogenated alkanes) is 1. The van der Waals surface area contributed by atoms with Crippen LogP contribution < -0.4 is 11.2 Å². The molecule has 1 aromatic heterocycles. The van der Waals surface area contributed by atoms with Gasteiger partial charge in [0.05, 0.1) is 22.8 Å². The summed E-state index contributed by atoms with van der Waals surface area (Å²) < 4.78 is 28.3. The molecule has 3 rings (SSSR count). The predicted octanol–water partition coefficient (Wildman–Crippen LogP) is 3.07. The van der Waals surface area contributed by atoms with E-state index < -0.39 is 39.6 Å². The van der Waals surface area contributed by atoms with Crippen LogP contribution in [0, 0.1) is 5.92 Å². The average Bonchev–Trinajstić information content (AvgIpc) is 3.09. The van der Waals surface area contributed by atoms with Crippen LogP contribution in [0.1, 0.15) is 19.8 Å². The molecule has 0 saturated carbocycles. The summed E-state index contributed by atoms with van der Waals surface area (Å²) in [6.07, 6.45) is 2.79. The molecule has 34 heavy (non-hydrogen) atoms. The van der Waals surface area contributed by atoms with Crippen molar-refractivity contribution >= 4 is 27.3 Å². The molecule has 9 nitrogen and oxygen atoms in total. The molecule has 1 atom stereocenters. The van der Waals surface area contributed by atoms with E-state index in [0.717, 1.165) is 22.1 Å². The molecule has 0 radical (unpaired) electrons. The first kappa shape index (κ1) is 25.5. The Morgan fingerprint density at radius 1 is 1.09 bits per heavy atom. The van der Waals surface area contributed by atoms with Gasteiger partial charge in [0.2, 0.25) is 11.8 Å². The van der Waals surface area contributed by atoms with Crippen molar-refractivity contribution in [2.45, 2.75) is 37.8 Å². The molecule has 0 fully saturated rings. The molecule has 182 valence electrons. The predicted molar refractivity (Wildman–Crippen MR) is 128 cm³/mol. The Hall–Kier alpha value is -3.08. The van der Waals surface area contributed by atoms with Gasteiger partial charge in [0.1, 0.15) is 0 Å². The third-order valence-electron chi connectivity index (χ3n) is 5.47. The molecule has 11 heteroatoms. The number of carbonyl (C=O) groups is 1. The lowest BCUT2D eigenvalue weighted by molar-refractivity contribution is -0.133. The number of carbonyl (C=O) groups excluding carboxylic acids is 1. The summed E-state index contributed by atoms with van der Waals surface area (Å²) in [6, 6.07) is 13.2.